The monoisotopic (exact) mass is 362 g/mol. The van der Waals surface area contributed by atoms with Gasteiger partial charge in [0.1, 0.15) is 11.8 Å². The minimum absolute atomic E-state index is 0.0401. The normalized spacial score (nSPS) is 12.8. The van der Waals surface area contributed by atoms with Crippen molar-refractivity contribution in [1.29, 1.82) is 0 Å². The van der Waals surface area contributed by atoms with E-state index in [2.05, 4.69) is 31.3 Å². The lowest BCUT2D eigenvalue weighted by Gasteiger charge is -2.23. The number of rotatable bonds is 4. The number of hydrogen-bond acceptors (Lipinski definition) is 5. The second-order valence-electron chi connectivity index (χ2n) is 7.07. The van der Waals surface area contributed by atoms with Crippen LogP contribution in [0.4, 0.5) is 5.82 Å². The molecule has 0 unspecified atom stereocenters. The molecule has 4 aromatic rings. The third kappa shape index (κ3) is 2.85. The summed E-state index contributed by atoms with van der Waals surface area (Å²) in [5.74, 6) is 0.664. The molecule has 0 saturated carbocycles. The van der Waals surface area contributed by atoms with Gasteiger partial charge in [-0.25, -0.2) is 15.0 Å². The fraction of sp³-hybridized carbons (Fsp3) is 0.300. The van der Waals surface area contributed by atoms with Gasteiger partial charge in [0.15, 0.2) is 11.5 Å². The summed E-state index contributed by atoms with van der Waals surface area (Å²) >= 11 is 0. The maximum Gasteiger partial charge on any atom is 0.259 e. The van der Waals surface area contributed by atoms with Crippen molar-refractivity contribution in [3.05, 3.63) is 58.5 Å². The molecule has 7 heteroatoms. The fourth-order valence-electron chi connectivity index (χ4n) is 3.59. The molecule has 0 spiro atoms. The molecule has 138 valence electrons. The molecule has 3 heterocycles. The van der Waals surface area contributed by atoms with Crippen LogP contribution < -0.4 is 10.9 Å². The molecule has 4 rings (SSSR count). The van der Waals surface area contributed by atoms with E-state index in [9.17, 15) is 4.79 Å². The Morgan fingerprint density at radius 1 is 1.15 bits per heavy atom. The first-order valence-electron chi connectivity index (χ1n) is 9.02. The van der Waals surface area contributed by atoms with Gasteiger partial charge in [-0.2, -0.15) is 0 Å². The molecule has 2 N–H and O–H groups in total. The Morgan fingerprint density at radius 2 is 1.96 bits per heavy atom. The van der Waals surface area contributed by atoms with Crippen molar-refractivity contribution in [3.8, 4) is 0 Å². The summed E-state index contributed by atoms with van der Waals surface area (Å²) in [6.07, 6.45) is 3.08. The van der Waals surface area contributed by atoms with Crippen LogP contribution in [0.2, 0.25) is 0 Å². The van der Waals surface area contributed by atoms with E-state index in [4.69, 9.17) is 0 Å². The molecule has 0 aliphatic carbocycles. The van der Waals surface area contributed by atoms with Crippen molar-refractivity contribution in [2.24, 2.45) is 0 Å². The van der Waals surface area contributed by atoms with E-state index in [1.807, 2.05) is 50.5 Å². The highest BCUT2D eigenvalue weighted by molar-refractivity contribution is 5.85. The Kier molecular flexibility index (Phi) is 4.14. The molecule has 0 radical (unpaired) electrons. The van der Waals surface area contributed by atoms with E-state index in [-0.39, 0.29) is 17.6 Å². The van der Waals surface area contributed by atoms with Crippen LogP contribution in [-0.4, -0.2) is 24.5 Å². The maximum atomic E-state index is 13.2. The van der Waals surface area contributed by atoms with Crippen LogP contribution in [0.1, 0.15) is 44.1 Å². The molecule has 0 aliphatic rings. The number of anilines is 1. The minimum Gasteiger partial charge on any atom is -0.360 e. The standard InChI is InChI=1S/C20H22N6O/c1-11(2)26-15(8-14-7-5-6-12(3)16(14)20(26)27)13(4)25-19-17-18(22-9-21-17)23-10-24-19/h5-11,13H,1-4H3,(H2,21,22,23,24,25)/t13-/m0/s1. The van der Waals surface area contributed by atoms with Gasteiger partial charge < -0.3 is 14.9 Å². The molecule has 3 aromatic heterocycles. The second-order valence-corrected chi connectivity index (χ2v) is 7.07. The predicted molar refractivity (Wildman–Crippen MR) is 107 cm³/mol. The number of fused-ring (bicyclic) bond motifs is 2. The van der Waals surface area contributed by atoms with Gasteiger partial charge in [-0.05, 0) is 44.7 Å². The maximum absolute atomic E-state index is 13.2. The Bertz CT molecular complexity index is 1190. The van der Waals surface area contributed by atoms with Crippen molar-refractivity contribution < 1.29 is 0 Å². The number of benzene rings is 1. The van der Waals surface area contributed by atoms with E-state index in [1.165, 1.54) is 6.33 Å². The average Bonchev–Trinajstić information content (AvgIpc) is 3.10. The predicted octanol–water partition coefficient (Wildman–Crippen LogP) is 3.73. The quantitative estimate of drug-likeness (QED) is 0.577. The Hall–Kier alpha value is -3.22. The number of H-pyrrole nitrogens is 1. The molecule has 1 aromatic carbocycles. The van der Waals surface area contributed by atoms with Crippen molar-refractivity contribution in [2.75, 3.05) is 5.32 Å². The van der Waals surface area contributed by atoms with Gasteiger partial charge in [0.2, 0.25) is 0 Å². The second kappa shape index (κ2) is 6.50. The van der Waals surface area contributed by atoms with E-state index in [0.29, 0.717) is 11.5 Å². The van der Waals surface area contributed by atoms with Gasteiger partial charge in [-0.15, -0.1) is 0 Å². The number of pyridine rings is 1. The van der Waals surface area contributed by atoms with Crippen LogP contribution in [-0.2, 0) is 0 Å². The molecular weight excluding hydrogens is 340 g/mol. The van der Waals surface area contributed by atoms with E-state index in [0.717, 1.165) is 27.5 Å². The summed E-state index contributed by atoms with van der Waals surface area (Å²) in [5.41, 5.74) is 3.31. The average molecular weight is 362 g/mol. The van der Waals surface area contributed by atoms with Gasteiger partial charge in [-0.1, -0.05) is 18.2 Å². The summed E-state index contributed by atoms with van der Waals surface area (Å²) in [7, 11) is 0. The van der Waals surface area contributed by atoms with Crippen LogP contribution in [0, 0.1) is 6.92 Å². The van der Waals surface area contributed by atoms with Gasteiger partial charge in [0.25, 0.3) is 5.56 Å². The van der Waals surface area contributed by atoms with Crippen molar-refractivity contribution in [1.82, 2.24) is 24.5 Å². The number of aryl methyl sites for hydroxylation is 1. The topological polar surface area (TPSA) is 88.5 Å². The summed E-state index contributed by atoms with van der Waals surface area (Å²) in [6, 6.07) is 7.95. The molecule has 0 aliphatic heterocycles. The van der Waals surface area contributed by atoms with Crippen molar-refractivity contribution in [3.63, 3.8) is 0 Å². The molecule has 1 atom stereocenters. The molecular formula is C20H22N6O. The summed E-state index contributed by atoms with van der Waals surface area (Å²) < 4.78 is 1.86. The fourth-order valence-corrected chi connectivity index (χ4v) is 3.59. The van der Waals surface area contributed by atoms with Crippen molar-refractivity contribution in [2.45, 2.75) is 39.8 Å². The third-order valence-electron chi connectivity index (χ3n) is 4.86. The highest BCUT2D eigenvalue weighted by atomic mass is 16.1. The lowest BCUT2D eigenvalue weighted by Crippen LogP contribution is -2.28. The van der Waals surface area contributed by atoms with Crippen molar-refractivity contribution >= 4 is 27.8 Å². The SMILES string of the molecule is Cc1cccc2cc([C@H](C)Nc3ncnc4nc[nH]c34)n(C(C)C)c(=O)c12. The lowest BCUT2D eigenvalue weighted by molar-refractivity contribution is 0.541. The largest absolute Gasteiger partial charge is 0.360 e. The number of nitrogens with zero attached hydrogens (tertiary/aromatic N) is 4. The van der Waals surface area contributed by atoms with Gasteiger partial charge in [0, 0.05) is 11.7 Å². The van der Waals surface area contributed by atoms with E-state index in [1.54, 1.807) is 6.33 Å². The number of aromatic amines is 1. The number of imidazole rings is 1. The molecule has 0 bridgehead atoms. The first kappa shape index (κ1) is 17.2. The van der Waals surface area contributed by atoms with Crippen LogP contribution in [0.5, 0.6) is 0 Å². The molecule has 7 nitrogen and oxygen atoms in total. The van der Waals surface area contributed by atoms with E-state index < -0.39 is 0 Å². The number of nitrogens with one attached hydrogen (secondary N) is 2. The van der Waals surface area contributed by atoms with Crippen LogP contribution in [0.15, 0.2) is 41.7 Å². The molecule has 0 fully saturated rings. The molecule has 27 heavy (non-hydrogen) atoms. The van der Waals surface area contributed by atoms with Gasteiger partial charge in [0.05, 0.1) is 17.8 Å². The number of hydrogen-bond donors (Lipinski definition) is 2. The zero-order valence-corrected chi connectivity index (χ0v) is 15.8. The highest BCUT2D eigenvalue weighted by Gasteiger charge is 2.19. The Morgan fingerprint density at radius 3 is 2.74 bits per heavy atom. The Labute approximate surface area is 156 Å². The smallest absolute Gasteiger partial charge is 0.259 e. The minimum atomic E-state index is -0.133. The highest BCUT2D eigenvalue weighted by Crippen LogP contribution is 2.26. The van der Waals surface area contributed by atoms with Gasteiger partial charge >= 0.3 is 0 Å². The van der Waals surface area contributed by atoms with Crippen LogP contribution in [0.3, 0.4) is 0 Å². The molecule has 0 amide bonds. The zero-order valence-electron chi connectivity index (χ0n) is 15.8. The van der Waals surface area contributed by atoms with Crippen LogP contribution in [0.25, 0.3) is 21.9 Å². The first-order chi connectivity index (χ1) is 13.0. The summed E-state index contributed by atoms with van der Waals surface area (Å²) in [5, 5.41) is 5.14. The number of aromatic nitrogens is 5. The summed E-state index contributed by atoms with van der Waals surface area (Å²) in [6.45, 7) is 8.06. The van der Waals surface area contributed by atoms with Crippen LogP contribution >= 0.6 is 0 Å². The Balaban J connectivity index is 1.86. The van der Waals surface area contributed by atoms with Gasteiger partial charge in [-0.3, -0.25) is 4.79 Å². The third-order valence-corrected chi connectivity index (χ3v) is 4.86. The van der Waals surface area contributed by atoms with E-state index >= 15 is 0 Å². The zero-order chi connectivity index (χ0) is 19.1. The molecule has 0 saturated heterocycles. The summed E-state index contributed by atoms with van der Waals surface area (Å²) in [4.78, 5) is 28.9. The lowest BCUT2D eigenvalue weighted by atomic mass is 10.0. The first-order valence-corrected chi connectivity index (χ1v) is 9.02.